The van der Waals surface area contributed by atoms with Gasteiger partial charge in [-0.05, 0) is 31.7 Å². The van der Waals surface area contributed by atoms with Gasteiger partial charge in [0.1, 0.15) is 5.52 Å². The highest BCUT2D eigenvalue weighted by molar-refractivity contribution is 6.36. The zero-order chi connectivity index (χ0) is 21.4. The maximum atomic E-state index is 6.63. The van der Waals surface area contributed by atoms with Crippen molar-refractivity contribution in [3.63, 3.8) is 0 Å². The molecule has 3 aromatic rings. The van der Waals surface area contributed by atoms with Gasteiger partial charge in [0.2, 0.25) is 5.88 Å². The quantitative estimate of drug-likeness (QED) is 0.473. The van der Waals surface area contributed by atoms with E-state index in [0.717, 1.165) is 65.8 Å². The minimum absolute atomic E-state index is 0.486. The summed E-state index contributed by atoms with van der Waals surface area (Å²) in [4.78, 5) is 9.13. The van der Waals surface area contributed by atoms with E-state index in [9.17, 15) is 0 Å². The second kappa shape index (κ2) is 8.29. The predicted octanol–water partition coefficient (Wildman–Crippen LogP) is 3.13. The van der Waals surface area contributed by atoms with Crippen LogP contribution < -0.4 is 16.3 Å². The molecular formula is C21H27ClN6O2. The van der Waals surface area contributed by atoms with Gasteiger partial charge in [-0.3, -0.25) is 4.98 Å². The first kappa shape index (κ1) is 20.7. The molecule has 4 N–H and O–H groups in total. The van der Waals surface area contributed by atoms with Gasteiger partial charge in [0, 0.05) is 44.3 Å². The fraction of sp³-hybridized carbons (Fsp3) is 0.429. The van der Waals surface area contributed by atoms with Crippen molar-refractivity contribution in [1.29, 1.82) is 0 Å². The number of nitrogens with zero attached hydrogens (tertiary/aromatic N) is 4. The Balaban J connectivity index is 2.00. The number of hydrazine groups is 1. The first-order valence-electron chi connectivity index (χ1n) is 9.95. The van der Waals surface area contributed by atoms with Crippen molar-refractivity contribution < 1.29 is 9.47 Å². The Kier molecular flexibility index (Phi) is 5.73. The lowest BCUT2D eigenvalue weighted by Gasteiger charge is -2.23. The summed E-state index contributed by atoms with van der Waals surface area (Å²) in [6.07, 6.45) is 5.42. The van der Waals surface area contributed by atoms with Gasteiger partial charge in [-0.1, -0.05) is 11.6 Å². The Morgan fingerprint density at radius 1 is 1.33 bits per heavy atom. The fourth-order valence-corrected chi connectivity index (χ4v) is 4.53. The topological polar surface area (TPSA) is 104 Å². The van der Waals surface area contributed by atoms with Crippen LogP contribution in [-0.4, -0.2) is 46.9 Å². The highest BCUT2D eigenvalue weighted by Gasteiger charge is 2.24. The molecule has 30 heavy (non-hydrogen) atoms. The number of methoxy groups -OCH3 is 1. The van der Waals surface area contributed by atoms with Gasteiger partial charge in [-0.15, -0.1) is 0 Å². The van der Waals surface area contributed by atoms with E-state index in [0.29, 0.717) is 22.5 Å². The molecule has 0 amide bonds. The molecule has 0 spiro atoms. The third-order valence-electron chi connectivity index (χ3n) is 5.61. The Morgan fingerprint density at radius 2 is 2.07 bits per heavy atom. The predicted molar refractivity (Wildman–Crippen MR) is 119 cm³/mol. The third-order valence-corrected chi connectivity index (χ3v) is 5.89. The summed E-state index contributed by atoms with van der Waals surface area (Å²) in [5, 5.41) is 2.90. The van der Waals surface area contributed by atoms with Crippen LogP contribution in [0.5, 0.6) is 5.88 Å². The zero-order valence-corrected chi connectivity index (χ0v) is 18.2. The molecular weight excluding hydrogens is 404 g/mol. The standard InChI is InChI=1S/C21H27ClN6O2/c1-12(23)19(27(2)24)14-8-16-18(25-9-14)17-20(15(22)10-26-21(17)29-3)28(16)11-13-4-6-30-7-5-13/h8-10,13H,4-7,11,23-24H2,1-3H3/b19-12-. The Bertz CT molecular complexity index is 1110. The first-order valence-corrected chi connectivity index (χ1v) is 10.3. The molecule has 0 aromatic carbocycles. The summed E-state index contributed by atoms with van der Waals surface area (Å²) in [5.41, 5.74) is 10.9. The van der Waals surface area contributed by atoms with Crippen LogP contribution in [-0.2, 0) is 11.3 Å². The van der Waals surface area contributed by atoms with Crippen molar-refractivity contribution in [3.8, 4) is 5.88 Å². The number of ether oxygens (including phenoxy) is 2. The Labute approximate surface area is 180 Å². The van der Waals surface area contributed by atoms with Gasteiger partial charge in [-0.2, -0.15) is 0 Å². The SMILES string of the molecule is COc1ncc(Cl)c2c1c1ncc(/C(=C(\C)N)N(C)N)cc1n2CC1CCOCC1. The third kappa shape index (κ3) is 3.55. The van der Waals surface area contributed by atoms with E-state index >= 15 is 0 Å². The van der Waals surface area contributed by atoms with Crippen molar-refractivity contribution in [2.75, 3.05) is 27.4 Å². The second-order valence-electron chi connectivity index (χ2n) is 7.74. The van der Waals surface area contributed by atoms with E-state index < -0.39 is 0 Å². The number of nitrogens with two attached hydrogens (primary N) is 2. The van der Waals surface area contributed by atoms with Gasteiger partial charge in [0.25, 0.3) is 0 Å². The van der Waals surface area contributed by atoms with Crippen LogP contribution >= 0.6 is 11.6 Å². The summed E-state index contributed by atoms with van der Waals surface area (Å²) < 4.78 is 13.3. The second-order valence-corrected chi connectivity index (χ2v) is 8.15. The molecule has 1 fully saturated rings. The number of fused-ring (bicyclic) bond motifs is 3. The van der Waals surface area contributed by atoms with Gasteiger partial charge >= 0.3 is 0 Å². The first-order chi connectivity index (χ1) is 14.4. The van der Waals surface area contributed by atoms with Crippen LogP contribution in [0.3, 0.4) is 0 Å². The van der Waals surface area contributed by atoms with E-state index in [-0.39, 0.29) is 0 Å². The van der Waals surface area contributed by atoms with Gasteiger partial charge in [0.15, 0.2) is 0 Å². The largest absolute Gasteiger partial charge is 0.480 e. The van der Waals surface area contributed by atoms with E-state index in [2.05, 4.69) is 15.6 Å². The van der Waals surface area contributed by atoms with E-state index in [4.69, 9.17) is 37.6 Å². The summed E-state index contributed by atoms with van der Waals surface area (Å²) in [5.74, 6) is 7.03. The molecule has 0 unspecified atom stereocenters. The summed E-state index contributed by atoms with van der Waals surface area (Å²) in [7, 11) is 3.37. The Morgan fingerprint density at radius 3 is 2.70 bits per heavy atom. The molecule has 8 nitrogen and oxygen atoms in total. The van der Waals surface area contributed by atoms with E-state index in [1.165, 1.54) is 5.01 Å². The lowest BCUT2D eigenvalue weighted by Crippen LogP contribution is -2.26. The summed E-state index contributed by atoms with van der Waals surface area (Å²) in [6.45, 7) is 4.19. The van der Waals surface area contributed by atoms with Crippen molar-refractivity contribution in [1.82, 2.24) is 19.5 Å². The number of aromatic nitrogens is 3. The molecule has 1 saturated heterocycles. The van der Waals surface area contributed by atoms with Gasteiger partial charge in [-0.25, -0.2) is 10.8 Å². The molecule has 1 aliphatic rings. The highest BCUT2D eigenvalue weighted by Crippen LogP contribution is 2.39. The number of hydrogen-bond acceptors (Lipinski definition) is 7. The maximum Gasteiger partial charge on any atom is 0.224 e. The molecule has 160 valence electrons. The lowest BCUT2D eigenvalue weighted by atomic mass is 10.0. The monoisotopic (exact) mass is 430 g/mol. The minimum Gasteiger partial charge on any atom is -0.480 e. The molecule has 4 rings (SSSR count). The van der Waals surface area contributed by atoms with Crippen molar-refractivity contribution in [2.45, 2.75) is 26.3 Å². The molecule has 0 bridgehead atoms. The molecule has 0 saturated carbocycles. The molecule has 0 atom stereocenters. The molecule has 4 heterocycles. The number of rotatable bonds is 5. The van der Waals surface area contributed by atoms with Crippen molar-refractivity contribution in [3.05, 3.63) is 34.7 Å². The summed E-state index contributed by atoms with van der Waals surface area (Å²) in [6, 6.07) is 2.06. The van der Waals surface area contributed by atoms with Gasteiger partial charge in [0.05, 0.1) is 40.4 Å². The van der Waals surface area contributed by atoms with Crippen molar-refractivity contribution in [2.24, 2.45) is 17.5 Å². The molecule has 9 heteroatoms. The van der Waals surface area contributed by atoms with Crippen LogP contribution in [0.15, 0.2) is 24.2 Å². The van der Waals surface area contributed by atoms with Crippen LogP contribution in [0.1, 0.15) is 25.3 Å². The molecule has 1 aliphatic heterocycles. The van der Waals surface area contributed by atoms with E-state index in [1.54, 1.807) is 26.6 Å². The average molecular weight is 431 g/mol. The number of pyridine rings is 2. The fourth-order valence-electron chi connectivity index (χ4n) is 4.28. The van der Waals surface area contributed by atoms with Gasteiger partial charge < -0.3 is 24.8 Å². The smallest absolute Gasteiger partial charge is 0.224 e. The Hall–Kier alpha value is -2.55. The average Bonchev–Trinajstić information content (AvgIpc) is 3.03. The zero-order valence-electron chi connectivity index (χ0n) is 17.5. The summed E-state index contributed by atoms with van der Waals surface area (Å²) >= 11 is 6.63. The highest BCUT2D eigenvalue weighted by atomic mass is 35.5. The lowest BCUT2D eigenvalue weighted by molar-refractivity contribution is 0.0620. The number of halogens is 1. The minimum atomic E-state index is 0.486. The van der Waals surface area contributed by atoms with Crippen LogP contribution in [0.4, 0.5) is 0 Å². The number of allylic oxidation sites excluding steroid dienone is 1. The van der Waals surface area contributed by atoms with Crippen LogP contribution in [0.2, 0.25) is 5.02 Å². The molecule has 3 aromatic heterocycles. The normalized spacial score (nSPS) is 16.2. The van der Waals surface area contributed by atoms with E-state index in [1.807, 2.05) is 6.92 Å². The van der Waals surface area contributed by atoms with Crippen molar-refractivity contribution >= 4 is 39.2 Å². The maximum absolute atomic E-state index is 6.63. The van der Waals surface area contributed by atoms with Crippen LogP contribution in [0.25, 0.3) is 27.6 Å². The molecule has 0 radical (unpaired) electrons. The molecule has 0 aliphatic carbocycles. The number of hydrogen-bond donors (Lipinski definition) is 2. The van der Waals surface area contributed by atoms with Crippen LogP contribution in [0, 0.1) is 5.92 Å².